The van der Waals surface area contributed by atoms with Crippen molar-refractivity contribution in [2.45, 2.75) is 32.8 Å². The van der Waals surface area contributed by atoms with Gasteiger partial charge in [-0.05, 0) is 68.0 Å². The molecule has 2 aromatic heterocycles. The number of benzene rings is 1. The minimum absolute atomic E-state index is 0.147. The highest BCUT2D eigenvalue weighted by Gasteiger charge is 2.18. The van der Waals surface area contributed by atoms with Crippen LogP contribution in [0.25, 0.3) is 10.8 Å². The second-order valence-corrected chi connectivity index (χ2v) is 8.08. The highest BCUT2D eigenvalue weighted by Crippen LogP contribution is 2.28. The lowest BCUT2D eigenvalue weighted by Crippen LogP contribution is -2.41. The predicted octanol–water partition coefficient (Wildman–Crippen LogP) is 3.78. The molecule has 31 heavy (non-hydrogen) atoms. The molecule has 1 unspecified atom stereocenters. The van der Waals surface area contributed by atoms with Crippen LogP contribution in [0.15, 0.2) is 41.3 Å². The molecular weight excluding hydrogens is 392 g/mol. The molecule has 3 heterocycles. The van der Waals surface area contributed by atoms with Gasteiger partial charge >= 0.3 is 0 Å². The minimum atomic E-state index is -0.147. The van der Waals surface area contributed by atoms with E-state index < -0.39 is 0 Å². The molecule has 1 aliphatic rings. The van der Waals surface area contributed by atoms with Gasteiger partial charge in [0, 0.05) is 50.1 Å². The Bertz CT molecular complexity index is 1110. The third kappa shape index (κ3) is 4.89. The predicted molar refractivity (Wildman–Crippen MR) is 125 cm³/mol. The van der Waals surface area contributed by atoms with Gasteiger partial charge in [-0.15, -0.1) is 0 Å². The van der Waals surface area contributed by atoms with Crippen molar-refractivity contribution in [2.24, 2.45) is 0 Å². The van der Waals surface area contributed by atoms with E-state index in [1.165, 1.54) is 11.3 Å². The molecule has 1 aliphatic heterocycles. The van der Waals surface area contributed by atoms with E-state index in [0.717, 1.165) is 49.3 Å². The number of hydrogen-bond acceptors (Lipinski definition) is 6. The number of morpholine rings is 1. The van der Waals surface area contributed by atoms with Crippen molar-refractivity contribution in [3.8, 4) is 0 Å². The fraction of sp³-hybridized carbons (Fsp3) is 0.417. The van der Waals surface area contributed by atoms with Crippen LogP contribution >= 0.6 is 0 Å². The lowest BCUT2D eigenvalue weighted by Gasteiger charge is -2.34. The highest BCUT2D eigenvalue weighted by molar-refractivity contribution is 5.93. The van der Waals surface area contributed by atoms with Crippen LogP contribution in [-0.2, 0) is 15.9 Å². The average Bonchev–Trinajstić information content (AvgIpc) is 2.74. The third-order valence-corrected chi connectivity index (χ3v) is 5.63. The Hall–Kier alpha value is -2.90. The molecule has 0 radical (unpaired) electrons. The number of aromatic amines is 1. The van der Waals surface area contributed by atoms with Crippen LogP contribution in [0.5, 0.6) is 0 Å². The molecule has 1 fully saturated rings. The van der Waals surface area contributed by atoms with Gasteiger partial charge in [0.25, 0.3) is 5.56 Å². The molecule has 1 atom stereocenters. The molecule has 1 saturated heterocycles. The molecule has 0 bridgehead atoms. The van der Waals surface area contributed by atoms with Crippen molar-refractivity contribution in [3.63, 3.8) is 0 Å². The molecule has 7 heteroatoms. The first-order valence-corrected chi connectivity index (χ1v) is 10.8. The number of anilines is 3. The van der Waals surface area contributed by atoms with Crippen LogP contribution in [-0.4, -0.2) is 49.5 Å². The van der Waals surface area contributed by atoms with Crippen molar-refractivity contribution in [2.75, 3.05) is 43.6 Å². The van der Waals surface area contributed by atoms with Crippen molar-refractivity contribution in [1.29, 1.82) is 0 Å². The van der Waals surface area contributed by atoms with Crippen molar-refractivity contribution in [3.05, 3.63) is 58.1 Å². The van der Waals surface area contributed by atoms with Crippen LogP contribution in [0.4, 0.5) is 17.2 Å². The molecule has 0 spiro atoms. The number of fused-ring (bicyclic) bond motifs is 1. The van der Waals surface area contributed by atoms with Gasteiger partial charge < -0.3 is 24.7 Å². The van der Waals surface area contributed by atoms with Gasteiger partial charge in [0.2, 0.25) is 0 Å². The Labute approximate surface area is 182 Å². The Morgan fingerprint density at radius 2 is 2.19 bits per heavy atom. The van der Waals surface area contributed by atoms with Crippen molar-refractivity contribution in [1.82, 2.24) is 9.97 Å². The molecule has 0 saturated carbocycles. The van der Waals surface area contributed by atoms with E-state index in [-0.39, 0.29) is 11.7 Å². The first-order chi connectivity index (χ1) is 15.0. The first kappa shape index (κ1) is 21.3. The second kappa shape index (κ2) is 9.49. The molecule has 2 N–H and O–H groups in total. The fourth-order valence-corrected chi connectivity index (χ4v) is 4.15. The first-order valence-electron chi connectivity index (χ1n) is 10.8. The van der Waals surface area contributed by atoms with E-state index in [9.17, 15) is 4.79 Å². The van der Waals surface area contributed by atoms with Gasteiger partial charge in [0.05, 0.1) is 18.1 Å². The Balaban J connectivity index is 1.64. The number of H-pyrrole nitrogens is 1. The van der Waals surface area contributed by atoms with Gasteiger partial charge in [-0.25, -0.2) is 4.98 Å². The molecule has 0 amide bonds. The Morgan fingerprint density at radius 1 is 1.32 bits per heavy atom. The molecule has 1 aromatic carbocycles. The maximum absolute atomic E-state index is 12.5. The van der Waals surface area contributed by atoms with Crippen LogP contribution in [0, 0.1) is 6.92 Å². The summed E-state index contributed by atoms with van der Waals surface area (Å²) in [7, 11) is 1.70. The number of nitrogens with zero attached hydrogens (tertiary/aromatic N) is 2. The monoisotopic (exact) mass is 422 g/mol. The van der Waals surface area contributed by atoms with E-state index in [1.54, 1.807) is 13.3 Å². The fourth-order valence-electron chi connectivity index (χ4n) is 4.15. The van der Waals surface area contributed by atoms with Crippen LogP contribution in [0.3, 0.4) is 0 Å². The summed E-state index contributed by atoms with van der Waals surface area (Å²) in [6.07, 6.45) is 3.58. The number of methoxy groups -OCH3 is 1. The normalized spacial score (nSPS) is 16.6. The van der Waals surface area contributed by atoms with E-state index in [4.69, 9.17) is 14.5 Å². The molecule has 3 aromatic rings. The topological polar surface area (TPSA) is 79.5 Å². The summed E-state index contributed by atoms with van der Waals surface area (Å²) in [6, 6.07) is 10.2. The summed E-state index contributed by atoms with van der Waals surface area (Å²) >= 11 is 0. The number of pyridine rings is 2. The lowest BCUT2D eigenvalue weighted by atomic mass is 10.1. The van der Waals surface area contributed by atoms with Gasteiger partial charge in [0.1, 0.15) is 5.82 Å². The summed E-state index contributed by atoms with van der Waals surface area (Å²) < 4.78 is 10.8. The standard InChI is InChI=1S/C24H30N4O3/c1-16-13-20(6-7-21(16)28-10-12-31-17(2)15-28)27-23-22-18(8-9-25-24(22)29)14-19(26-23)5-4-11-30-3/h6-9,13-14,17H,4-5,10-12,15H2,1-3H3,(H,25,29)(H,26,27). The van der Waals surface area contributed by atoms with Crippen molar-refractivity contribution < 1.29 is 9.47 Å². The highest BCUT2D eigenvalue weighted by atomic mass is 16.5. The maximum atomic E-state index is 12.5. The molecule has 164 valence electrons. The quantitative estimate of drug-likeness (QED) is 0.564. The smallest absolute Gasteiger partial charge is 0.259 e. The third-order valence-electron chi connectivity index (χ3n) is 5.63. The summed E-state index contributed by atoms with van der Waals surface area (Å²) in [5.74, 6) is 0.582. The Kier molecular flexibility index (Phi) is 6.53. The summed E-state index contributed by atoms with van der Waals surface area (Å²) in [6.45, 7) is 7.42. The number of rotatable bonds is 7. The zero-order valence-electron chi connectivity index (χ0n) is 18.4. The zero-order chi connectivity index (χ0) is 21.8. The number of nitrogens with one attached hydrogen (secondary N) is 2. The summed E-state index contributed by atoms with van der Waals surface area (Å²) in [4.78, 5) is 22.4. The van der Waals surface area contributed by atoms with E-state index in [2.05, 4.69) is 41.2 Å². The number of aryl methyl sites for hydroxylation is 2. The summed E-state index contributed by atoms with van der Waals surface area (Å²) in [5, 5.41) is 4.84. The SMILES string of the molecule is COCCCc1cc2cc[nH]c(=O)c2c(Nc2ccc(N3CCOC(C)C3)c(C)c2)n1. The summed E-state index contributed by atoms with van der Waals surface area (Å²) in [5.41, 5.74) is 4.09. The molecular formula is C24H30N4O3. The van der Waals surface area contributed by atoms with Crippen LogP contribution < -0.4 is 15.8 Å². The van der Waals surface area contributed by atoms with Gasteiger partial charge in [-0.3, -0.25) is 4.79 Å². The van der Waals surface area contributed by atoms with Gasteiger partial charge in [0.15, 0.2) is 0 Å². The van der Waals surface area contributed by atoms with E-state index in [1.807, 2.05) is 18.2 Å². The second-order valence-electron chi connectivity index (χ2n) is 8.08. The number of hydrogen-bond donors (Lipinski definition) is 2. The Morgan fingerprint density at radius 3 is 2.97 bits per heavy atom. The minimum Gasteiger partial charge on any atom is -0.385 e. The largest absolute Gasteiger partial charge is 0.385 e. The zero-order valence-corrected chi connectivity index (χ0v) is 18.4. The number of ether oxygens (including phenoxy) is 2. The van der Waals surface area contributed by atoms with Gasteiger partial charge in [-0.2, -0.15) is 0 Å². The average molecular weight is 423 g/mol. The van der Waals surface area contributed by atoms with E-state index in [0.29, 0.717) is 17.8 Å². The van der Waals surface area contributed by atoms with Crippen LogP contribution in [0.2, 0.25) is 0 Å². The number of aromatic nitrogens is 2. The maximum Gasteiger partial charge on any atom is 0.259 e. The van der Waals surface area contributed by atoms with Crippen LogP contribution in [0.1, 0.15) is 24.6 Å². The lowest BCUT2D eigenvalue weighted by molar-refractivity contribution is 0.0532. The molecule has 4 rings (SSSR count). The van der Waals surface area contributed by atoms with Crippen molar-refractivity contribution >= 4 is 28.0 Å². The molecule has 7 nitrogen and oxygen atoms in total. The molecule has 0 aliphatic carbocycles. The van der Waals surface area contributed by atoms with E-state index >= 15 is 0 Å². The van der Waals surface area contributed by atoms with Gasteiger partial charge in [-0.1, -0.05) is 0 Å².